The van der Waals surface area contributed by atoms with Gasteiger partial charge in [0.2, 0.25) is 5.78 Å². The van der Waals surface area contributed by atoms with Crippen LogP contribution in [0.2, 0.25) is 0 Å². The van der Waals surface area contributed by atoms with Crippen LogP contribution < -0.4 is 4.74 Å². The van der Waals surface area contributed by atoms with Gasteiger partial charge in [0.25, 0.3) is 5.91 Å². The molecule has 3 heterocycles. The fourth-order valence-corrected chi connectivity index (χ4v) is 4.74. The quantitative estimate of drug-likeness (QED) is 0.460. The number of phenols is 1. The number of nitrogens with zero attached hydrogens (tertiary/aromatic N) is 2. The van der Waals surface area contributed by atoms with Crippen molar-refractivity contribution in [1.29, 1.82) is 0 Å². The Kier molecular flexibility index (Phi) is 6.67. The molecule has 2 aliphatic heterocycles. The normalized spacial score (nSPS) is 18.9. The predicted molar refractivity (Wildman–Crippen MR) is 131 cm³/mol. The van der Waals surface area contributed by atoms with Gasteiger partial charge in [-0.3, -0.25) is 14.5 Å². The van der Waals surface area contributed by atoms with Crippen molar-refractivity contribution >= 4 is 22.7 Å². The molecule has 0 bridgehead atoms. The van der Waals surface area contributed by atoms with E-state index in [1.807, 2.05) is 12.1 Å². The Morgan fingerprint density at radius 2 is 1.86 bits per heavy atom. The smallest absolute Gasteiger partial charge is 0.290 e. The second kappa shape index (κ2) is 10.0. The predicted octanol–water partition coefficient (Wildman–Crippen LogP) is 3.45. The van der Waals surface area contributed by atoms with Gasteiger partial charge in [-0.2, -0.15) is 0 Å². The Bertz CT molecular complexity index is 1290. The highest BCUT2D eigenvalue weighted by atomic mass is 16.5. The maximum atomic E-state index is 13.7. The third kappa shape index (κ3) is 4.43. The molecule has 36 heavy (non-hydrogen) atoms. The first-order valence-corrected chi connectivity index (χ1v) is 12.0. The van der Waals surface area contributed by atoms with Gasteiger partial charge in [0.1, 0.15) is 5.58 Å². The molecule has 2 aliphatic rings. The van der Waals surface area contributed by atoms with Crippen molar-refractivity contribution < 1.29 is 33.7 Å². The summed E-state index contributed by atoms with van der Waals surface area (Å²) in [5.74, 6) is -1.57. The van der Waals surface area contributed by atoms with E-state index in [0.717, 1.165) is 18.5 Å². The largest absolute Gasteiger partial charge is 0.504 e. The molecule has 1 atom stereocenters. The lowest BCUT2D eigenvalue weighted by Gasteiger charge is -2.31. The molecule has 0 aliphatic carbocycles. The zero-order valence-corrected chi connectivity index (χ0v) is 20.0. The van der Waals surface area contributed by atoms with E-state index < -0.39 is 23.5 Å². The molecule has 0 unspecified atom stereocenters. The van der Waals surface area contributed by atoms with Gasteiger partial charge in [-0.05, 0) is 36.8 Å². The minimum absolute atomic E-state index is 0.0365. The van der Waals surface area contributed by atoms with Crippen LogP contribution in [-0.2, 0) is 9.53 Å². The summed E-state index contributed by atoms with van der Waals surface area (Å²) in [7, 11) is 0. The summed E-state index contributed by atoms with van der Waals surface area (Å²) in [5, 5.41) is 21.9. The number of ketones is 1. The highest BCUT2D eigenvalue weighted by Crippen LogP contribution is 2.42. The number of ether oxygens (including phenoxy) is 2. The van der Waals surface area contributed by atoms with Gasteiger partial charge >= 0.3 is 0 Å². The van der Waals surface area contributed by atoms with Crippen LogP contribution in [0.4, 0.5) is 0 Å². The molecular weight excluding hydrogens is 464 g/mol. The van der Waals surface area contributed by atoms with Crippen LogP contribution in [0.1, 0.15) is 29.1 Å². The summed E-state index contributed by atoms with van der Waals surface area (Å²) in [4.78, 5) is 30.6. The third-order valence-corrected chi connectivity index (χ3v) is 6.56. The standard InChI is InChI=1S/C27H28N2O7/c1-2-35-21-16-18(7-8-19(21)30)24-23(25(31)22-15-17-5-3-4-6-20(17)36-22)26(32)27(33)29(24)10-9-28-11-13-34-14-12-28/h3-8,15-16,24,30,32H,2,9-14H2,1H3/t24-/m0/s1. The lowest BCUT2D eigenvalue weighted by molar-refractivity contribution is -0.129. The molecule has 1 fully saturated rings. The van der Waals surface area contributed by atoms with E-state index in [1.165, 1.54) is 11.0 Å². The zero-order chi connectivity index (χ0) is 25.2. The molecule has 5 rings (SSSR count). The molecule has 0 saturated carbocycles. The van der Waals surface area contributed by atoms with E-state index in [-0.39, 0.29) is 29.4 Å². The maximum absolute atomic E-state index is 13.7. The van der Waals surface area contributed by atoms with Crippen LogP contribution in [0.5, 0.6) is 11.5 Å². The number of amides is 1. The number of furan rings is 1. The first-order valence-electron chi connectivity index (χ1n) is 12.0. The fraction of sp³-hybridized carbons (Fsp3) is 0.333. The Balaban J connectivity index is 1.53. The lowest BCUT2D eigenvalue weighted by Crippen LogP contribution is -2.43. The van der Waals surface area contributed by atoms with Crippen molar-refractivity contribution in [2.45, 2.75) is 13.0 Å². The summed E-state index contributed by atoms with van der Waals surface area (Å²) >= 11 is 0. The molecule has 2 aromatic carbocycles. The van der Waals surface area contributed by atoms with Crippen LogP contribution >= 0.6 is 0 Å². The van der Waals surface area contributed by atoms with Crippen molar-refractivity contribution in [3.63, 3.8) is 0 Å². The average molecular weight is 493 g/mol. The van der Waals surface area contributed by atoms with E-state index in [0.29, 0.717) is 37.5 Å². The molecule has 3 aromatic rings. The average Bonchev–Trinajstić information content (AvgIpc) is 3.44. The molecule has 9 nitrogen and oxygen atoms in total. The number of hydrogen-bond acceptors (Lipinski definition) is 8. The minimum Gasteiger partial charge on any atom is -0.504 e. The highest BCUT2D eigenvalue weighted by Gasteiger charge is 2.44. The topological polar surface area (TPSA) is 113 Å². The summed E-state index contributed by atoms with van der Waals surface area (Å²) in [6.45, 7) is 5.68. The molecule has 2 N–H and O–H groups in total. The van der Waals surface area contributed by atoms with Gasteiger partial charge in [0.05, 0.1) is 31.4 Å². The molecule has 1 aromatic heterocycles. The SMILES string of the molecule is CCOc1cc([C@H]2C(C(=O)c3cc4ccccc4o3)=C(O)C(=O)N2CCN2CCOCC2)ccc1O. The summed E-state index contributed by atoms with van der Waals surface area (Å²) < 4.78 is 16.7. The number of carbonyl (C=O) groups excluding carboxylic acids is 2. The molecule has 188 valence electrons. The number of para-hydroxylation sites is 1. The lowest BCUT2D eigenvalue weighted by atomic mass is 9.94. The number of hydrogen-bond donors (Lipinski definition) is 2. The van der Waals surface area contributed by atoms with Crippen LogP contribution in [0.15, 0.2) is 64.3 Å². The monoisotopic (exact) mass is 492 g/mol. The van der Waals surface area contributed by atoms with Crippen LogP contribution in [-0.4, -0.2) is 77.7 Å². The van der Waals surface area contributed by atoms with Crippen molar-refractivity contribution in [1.82, 2.24) is 9.80 Å². The number of phenolic OH excluding ortho intramolecular Hbond substituents is 1. The van der Waals surface area contributed by atoms with E-state index in [1.54, 1.807) is 37.3 Å². The van der Waals surface area contributed by atoms with E-state index >= 15 is 0 Å². The highest BCUT2D eigenvalue weighted by molar-refractivity contribution is 6.16. The number of fused-ring (bicyclic) bond motifs is 1. The Hall–Kier alpha value is -3.82. The first kappa shape index (κ1) is 23.9. The van der Waals surface area contributed by atoms with Crippen molar-refractivity contribution in [2.24, 2.45) is 0 Å². The van der Waals surface area contributed by atoms with Gasteiger partial charge in [-0.1, -0.05) is 24.3 Å². The molecule has 9 heteroatoms. The number of benzene rings is 2. The van der Waals surface area contributed by atoms with E-state index in [4.69, 9.17) is 13.9 Å². The third-order valence-electron chi connectivity index (χ3n) is 6.56. The molecule has 1 saturated heterocycles. The molecular formula is C27H28N2O7. The van der Waals surface area contributed by atoms with Gasteiger partial charge in [-0.25, -0.2) is 0 Å². The maximum Gasteiger partial charge on any atom is 0.290 e. The van der Waals surface area contributed by atoms with Gasteiger partial charge in [0.15, 0.2) is 23.0 Å². The number of carbonyl (C=O) groups is 2. The van der Waals surface area contributed by atoms with E-state index in [2.05, 4.69) is 4.90 Å². The number of aliphatic hydroxyl groups is 1. The summed E-state index contributed by atoms with van der Waals surface area (Å²) in [5.41, 5.74) is 1.01. The Labute approximate surface area is 208 Å². The summed E-state index contributed by atoms with van der Waals surface area (Å²) in [6, 6.07) is 12.6. The van der Waals surface area contributed by atoms with Crippen LogP contribution in [0.3, 0.4) is 0 Å². The second-order valence-corrected chi connectivity index (χ2v) is 8.76. The fourth-order valence-electron chi connectivity index (χ4n) is 4.74. The molecule has 0 radical (unpaired) electrons. The van der Waals surface area contributed by atoms with Crippen molar-refractivity contribution in [3.8, 4) is 11.5 Å². The summed E-state index contributed by atoms with van der Waals surface area (Å²) in [6.07, 6.45) is 0. The Morgan fingerprint density at radius 1 is 1.08 bits per heavy atom. The van der Waals surface area contributed by atoms with E-state index in [9.17, 15) is 19.8 Å². The number of rotatable bonds is 8. The van der Waals surface area contributed by atoms with Gasteiger partial charge < -0.3 is 29.0 Å². The van der Waals surface area contributed by atoms with Crippen molar-refractivity contribution in [3.05, 3.63) is 71.2 Å². The second-order valence-electron chi connectivity index (χ2n) is 8.76. The Morgan fingerprint density at radius 3 is 2.61 bits per heavy atom. The number of aliphatic hydroxyl groups excluding tert-OH is 1. The van der Waals surface area contributed by atoms with Crippen LogP contribution in [0.25, 0.3) is 11.0 Å². The molecule has 0 spiro atoms. The van der Waals surface area contributed by atoms with Crippen LogP contribution in [0, 0.1) is 0 Å². The van der Waals surface area contributed by atoms with Gasteiger partial charge in [0, 0.05) is 31.6 Å². The van der Waals surface area contributed by atoms with Gasteiger partial charge in [-0.15, -0.1) is 0 Å². The number of aromatic hydroxyl groups is 1. The zero-order valence-electron chi connectivity index (χ0n) is 20.0. The number of Topliss-reactive ketones (excluding diaryl/α,β-unsaturated/α-hetero) is 1. The first-order chi connectivity index (χ1) is 17.5. The van der Waals surface area contributed by atoms with Crippen molar-refractivity contribution in [2.75, 3.05) is 46.0 Å². The molecule has 1 amide bonds. The number of morpholine rings is 1. The minimum atomic E-state index is -0.876.